The molecule has 1 unspecified atom stereocenters. The summed E-state index contributed by atoms with van der Waals surface area (Å²) in [6.45, 7) is 5.82. The fourth-order valence-electron chi connectivity index (χ4n) is 5.10. The molecule has 1 N–H and O–H groups in total. The van der Waals surface area contributed by atoms with Gasteiger partial charge >= 0.3 is 6.09 Å². The van der Waals surface area contributed by atoms with E-state index in [0.29, 0.717) is 12.1 Å². The second-order valence-electron chi connectivity index (χ2n) is 8.44. The maximum Gasteiger partial charge on any atom is 0.407 e. The third-order valence-corrected chi connectivity index (χ3v) is 6.70. The fourth-order valence-corrected chi connectivity index (χ4v) is 5.10. The van der Waals surface area contributed by atoms with E-state index in [4.69, 9.17) is 9.84 Å². The molecule has 0 aromatic heterocycles. The molecule has 1 spiro atoms. The van der Waals surface area contributed by atoms with E-state index in [0.717, 1.165) is 45.4 Å². The molecule has 1 aliphatic carbocycles. The fraction of sp³-hybridized carbons (Fsp3) is 0.667. The molecular weight excluding hydrogens is 328 g/mol. The average molecular weight is 358 g/mol. The van der Waals surface area contributed by atoms with Crippen LogP contribution in [-0.2, 0) is 4.74 Å². The van der Waals surface area contributed by atoms with Crippen molar-refractivity contribution in [2.45, 2.75) is 57.3 Å². The summed E-state index contributed by atoms with van der Waals surface area (Å²) in [5, 5.41) is 9.16. The number of carbonyl (C=O) groups is 1. The SMILES string of the molecule is CC(OC1CCN(C2CC3(CCN(C(=O)O)C3)C2)CC1)c1ccccc1. The summed E-state index contributed by atoms with van der Waals surface area (Å²) in [5.41, 5.74) is 1.53. The molecule has 3 fully saturated rings. The minimum atomic E-state index is -0.754. The van der Waals surface area contributed by atoms with Gasteiger partial charge < -0.3 is 19.6 Å². The third kappa shape index (κ3) is 3.60. The van der Waals surface area contributed by atoms with Crippen molar-refractivity contribution in [2.75, 3.05) is 26.2 Å². The first-order valence-electron chi connectivity index (χ1n) is 9.97. The van der Waals surface area contributed by atoms with Crippen LogP contribution in [0.15, 0.2) is 30.3 Å². The standard InChI is InChI=1S/C21H30N2O3/c1-16(17-5-3-2-4-6-17)26-19-7-10-22(11-8-19)18-13-21(14-18)9-12-23(15-21)20(24)25/h2-6,16,18-19H,7-15H2,1H3,(H,24,25). The maximum absolute atomic E-state index is 11.1. The number of likely N-dealkylation sites (tertiary alicyclic amines) is 2. The van der Waals surface area contributed by atoms with E-state index in [2.05, 4.69) is 36.1 Å². The lowest BCUT2D eigenvalue weighted by Gasteiger charge is -2.51. The summed E-state index contributed by atoms with van der Waals surface area (Å²) < 4.78 is 6.29. The van der Waals surface area contributed by atoms with Gasteiger partial charge in [0, 0.05) is 32.2 Å². The Morgan fingerprint density at radius 3 is 2.50 bits per heavy atom. The molecule has 26 heavy (non-hydrogen) atoms. The largest absolute Gasteiger partial charge is 0.465 e. The van der Waals surface area contributed by atoms with Crippen LogP contribution >= 0.6 is 0 Å². The molecule has 1 saturated carbocycles. The van der Waals surface area contributed by atoms with Crippen LogP contribution in [0.25, 0.3) is 0 Å². The molecule has 5 heteroatoms. The normalized spacial score (nSPS) is 31.1. The monoisotopic (exact) mass is 358 g/mol. The number of benzene rings is 1. The van der Waals surface area contributed by atoms with Crippen LogP contribution in [0.2, 0.25) is 0 Å². The summed E-state index contributed by atoms with van der Waals surface area (Å²) in [6.07, 6.45) is 5.33. The van der Waals surface area contributed by atoms with E-state index < -0.39 is 6.09 Å². The number of ether oxygens (including phenoxy) is 1. The Morgan fingerprint density at radius 1 is 1.19 bits per heavy atom. The van der Waals surface area contributed by atoms with Crippen molar-refractivity contribution in [3.05, 3.63) is 35.9 Å². The van der Waals surface area contributed by atoms with Gasteiger partial charge in [0.15, 0.2) is 0 Å². The molecule has 5 nitrogen and oxygen atoms in total. The zero-order valence-electron chi connectivity index (χ0n) is 15.6. The molecular formula is C21H30N2O3. The van der Waals surface area contributed by atoms with E-state index in [1.54, 1.807) is 4.90 Å². The van der Waals surface area contributed by atoms with Crippen molar-refractivity contribution in [3.63, 3.8) is 0 Å². The van der Waals surface area contributed by atoms with E-state index in [1.807, 2.05) is 6.07 Å². The molecule has 142 valence electrons. The Kier molecular flexibility index (Phi) is 4.93. The Balaban J connectivity index is 1.21. The summed E-state index contributed by atoms with van der Waals surface area (Å²) in [6, 6.07) is 11.1. The predicted octanol–water partition coefficient (Wildman–Crippen LogP) is 3.76. The second-order valence-corrected chi connectivity index (χ2v) is 8.44. The molecule has 0 radical (unpaired) electrons. The van der Waals surface area contributed by atoms with Gasteiger partial charge in [-0.1, -0.05) is 30.3 Å². The highest BCUT2D eigenvalue weighted by atomic mass is 16.5. The Hall–Kier alpha value is -1.59. The van der Waals surface area contributed by atoms with Crippen LogP contribution < -0.4 is 0 Å². The molecule has 3 aliphatic rings. The van der Waals surface area contributed by atoms with Crippen molar-refractivity contribution in [1.82, 2.24) is 9.80 Å². The quantitative estimate of drug-likeness (QED) is 0.890. The van der Waals surface area contributed by atoms with Crippen LogP contribution in [0.3, 0.4) is 0 Å². The summed E-state index contributed by atoms with van der Waals surface area (Å²) >= 11 is 0. The maximum atomic E-state index is 11.1. The zero-order chi connectivity index (χ0) is 18.1. The van der Waals surface area contributed by atoms with E-state index in [1.165, 1.54) is 18.4 Å². The minimum Gasteiger partial charge on any atom is -0.465 e. The van der Waals surface area contributed by atoms with Crippen LogP contribution in [0.4, 0.5) is 4.79 Å². The Labute approximate surface area is 155 Å². The Bertz CT molecular complexity index is 621. The van der Waals surface area contributed by atoms with Gasteiger partial charge in [-0.05, 0) is 50.0 Å². The summed E-state index contributed by atoms with van der Waals surface area (Å²) in [4.78, 5) is 15.4. The first-order chi connectivity index (χ1) is 12.5. The molecule has 2 heterocycles. The Morgan fingerprint density at radius 2 is 1.88 bits per heavy atom. The highest BCUT2D eigenvalue weighted by Gasteiger charge is 2.51. The molecule has 2 saturated heterocycles. The topological polar surface area (TPSA) is 53.0 Å². The number of hydrogen-bond acceptors (Lipinski definition) is 3. The van der Waals surface area contributed by atoms with Crippen LogP contribution in [0, 0.1) is 5.41 Å². The van der Waals surface area contributed by atoms with Gasteiger partial charge in [-0.25, -0.2) is 4.79 Å². The smallest absolute Gasteiger partial charge is 0.407 e. The molecule has 2 aliphatic heterocycles. The van der Waals surface area contributed by atoms with Crippen LogP contribution in [-0.4, -0.2) is 59.3 Å². The van der Waals surface area contributed by atoms with Crippen molar-refractivity contribution in [1.29, 1.82) is 0 Å². The predicted molar refractivity (Wildman–Crippen MR) is 100 cm³/mol. The van der Waals surface area contributed by atoms with Crippen molar-refractivity contribution in [3.8, 4) is 0 Å². The van der Waals surface area contributed by atoms with E-state index in [-0.39, 0.29) is 11.5 Å². The first kappa shape index (κ1) is 17.8. The lowest BCUT2D eigenvalue weighted by atomic mass is 9.64. The first-order valence-corrected chi connectivity index (χ1v) is 9.97. The summed E-state index contributed by atoms with van der Waals surface area (Å²) in [7, 11) is 0. The average Bonchev–Trinajstić information content (AvgIpc) is 3.08. The highest BCUT2D eigenvalue weighted by Crippen LogP contribution is 2.50. The number of amides is 1. The van der Waals surface area contributed by atoms with Gasteiger partial charge in [0.05, 0.1) is 12.2 Å². The molecule has 1 aromatic rings. The van der Waals surface area contributed by atoms with Gasteiger partial charge in [-0.3, -0.25) is 0 Å². The molecule has 4 rings (SSSR count). The van der Waals surface area contributed by atoms with Gasteiger partial charge in [-0.2, -0.15) is 0 Å². The lowest BCUT2D eigenvalue weighted by Crippen LogP contribution is -2.54. The molecule has 1 aromatic carbocycles. The van der Waals surface area contributed by atoms with Crippen molar-refractivity contribution < 1.29 is 14.6 Å². The molecule has 1 amide bonds. The minimum absolute atomic E-state index is 0.153. The zero-order valence-corrected chi connectivity index (χ0v) is 15.6. The van der Waals surface area contributed by atoms with Crippen LogP contribution in [0.1, 0.15) is 50.7 Å². The van der Waals surface area contributed by atoms with Gasteiger partial charge in [0.1, 0.15) is 0 Å². The van der Waals surface area contributed by atoms with Crippen molar-refractivity contribution >= 4 is 6.09 Å². The highest BCUT2D eigenvalue weighted by molar-refractivity contribution is 5.65. The summed E-state index contributed by atoms with van der Waals surface area (Å²) in [5.74, 6) is 0. The second kappa shape index (κ2) is 7.20. The number of nitrogens with zero attached hydrogens (tertiary/aromatic N) is 2. The number of hydrogen-bond donors (Lipinski definition) is 1. The van der Waals surface area contributed by atoms with Gasteiger partial charge in [-0.15, -0.1) is 0 Å². The van der Waals surface area contributed by atoms with Gasteiger partial charge in [0.2, 0.25) is 0 Å². The van der Waals surface area contributed by atoms with Crippen LogP contribution in [0.5, 0.6) is 0 Å². The number of piperidine rings is 1. The van der Waals surface area contributed by atoms with Gasteiger partial charge in [0.25, 0.3) is 0 Å². The molecule has 1 atom stereocenters. The van der Waals surface area contributed by atoms with Crippen molar-refractivity contribution in [2.24, 2.45) is 5.41 Å². The lowest BCUT2D eigenvalue weighted by molar-refractivity contribution is -0.0642. The van der Waals surface area contributed by atoms with E-state index >= 15 is 0 Å². The third-order valence-electron chi connectivity index (χ3n) is 6.70. The number of rotatable bonds is 4. The number of carboxylic acid groups (broad SMARTS) is 1. The van der Waals surface area contributed by atoms with E-state index in [9.17, 15) is 4.79 Å². The molecule has 0 bridgehead atoms.